The first-order chi connectivity index (χ1) is 29.9. The number of ether oxygens (including phenoxy) is 6. The van der Waals surface area contributed by atoms with Gasteiger partial charge in [-0.15, -0.1) is 0 Å². The van der Waals surface area contributed by atoms with E-state index in [0.29, 0.717) is 98.0 Å². The van der Waals surface area contributed by atoms with Gasteiger partial charge in [0, 0.05) is 36.1 Å². The van der Waals surface area contributed by atoms with Crippen LogP contribution in [0.4, 0.5) is 4.79 Å². The Morgan fingerprint density at radius 3 is 2.16 bits per heavy atom. The van der Waals surface area contributed by atoms with Crippen LogP contribution in [-0.4, -0.2) is 106 Å². The molecule has 15 nitrogen and oxygen atoms in total. The van der Waals surface area contributed by atoms with Crippen molar-refractivity contribution in [1.29, 1.82) is 0 Å². The predicted octanol–water partition coefficient (Wildman–Crippen LogP) is 5.45. The molecule has 1 unspecified atom stereocenters. The van der Waals surface area contributed by atoms with E-state index in [2.05, 4.69) is 20.9 Å². The molecule has 336 valence electrons. The van der Waals surface area contributed by atoms with Crippen molar-refractivity contribution >= 4 is 57.9 Å². The van der Waals surface area contributed by atoms with Crippen LogP contribution in [0.3, 0.4) is 0 Å². The minimum absolute atomic E-state index is 0.0286. The Labute approximate surface area is 371 Å². The Hall–Kier alpha value is -4.90. The molecule has 4 amide bonds. The number of methoxy groups -OCH3 is 1. The van der Waals surface area contributed by atoms with Crippen LogP contribution in [0.25, 0.3) is 10.9 Å². The molecular weight excluding hydrogens is 841 g/mol. The number of nitrogens with one attached hydrogen (secondary N) is 4. The number of aromatic amines is 1. The summed E-state index contributed by atoms with van der Waals surface area (Å²) in [5.74, 6) is -1.64. The number of hydrogen-bond acceptors (Lipinski definition) is 10. The first-order valence-corrected chi connectivity index (χ1v) is 21.5. The largest absolute Gasteiger partial charge is 0.491 e. The Bertz CT molecular complexity index is 2090. The second-order valence-corrected chi connectivity index (χ2v) is 16.0. The smallest absolute Gasteiger partial charge is 0.408 e. The summed E-state index contributed by atoms with van der Waals surface area (Å²) < 4.78 is 32.8. The molecule has 0 saturated heterocycles. The van der Waals surface area contributed by atoms with Crippen molar-refractivity contribution in [3.05, 3.63) is 99.2 Å². The van der Waals surface area contributed by atoms with Crippen LogP contribution in [0.15, 0.2) is 66.7 Å². The van der Waals surface area contributed by atoms with E-state index in [-0.39, 0.29) is 31.8 Å². The molecule has 4 atom stereocenters. The van der Waals surface area contributed by atoms with Crippen LogP contribution < -0.4 is 26.4 Å². The second kappa shape index (κ2) is 24.1. The third-order valence-electron chi connectivity index (χ3n) is 10.8. The summed E-state index contributed by atoms with van der Waals surface area (Å²) in [5.41, 5.74) is 7.90. The van der Waals surface area contributed by atoms with Crippen molar-refractivity contribution in [2.45, 2.75) is 70.2 Å². The average Bonchev–Trinajstić information content (AvgIpc) is 3.63. The van der Waals surface area contributed by atoms with Crippen molar-refractivity contribution in [2.24, 2.45) is 11.7 Å². The maximum Gasteiger partial charge on any atom is 0.408 e. The molecule has 0 spiro atoms. The number of alkyl carbamates (subject to hydrolysis) is 1. The van der Waals surface area contributed by atoms with E-state index in [9.17, 15) is 19.2 Å². The van der Waals surface area contributed by atoms with Crippen molar-refractivity contribution < 1.29 is 47.6 Å². The minimum atomic E-state index is -1.58. The number of aryl methyl sites for hydroxylation is 1. The number of primary amides is 1. The van der Waals surface area contributed by atoms with Gasteiger partial charge in [0.25, 0.3) is 0 Å². The van der Waals surface area contributed by atoms with E-state index in [1.807, 2.05) is 44.2 Å². The summed E-state index contributed by atoms with van der Waals surface area (Å²) in [7, 11) is 1.62. The highest BCUT2D eigenvalue weighted by molar-refractivity contribution is 6.38. The molecule has 1 heterocycles. The normalized spacial score (nSPS) is 16.1. The van der Waals surface area contributed by atoms with Crippen LogP contribution in [0.1, 0.15) is 49.1 Å². The maximum absolute atomic E-state index is 14.6. The number of carbonyl (C=O) groups excluding carboxylic acids is 4. The van der Waals surface area contributed by atoms with E-state index >= 15 is 0 Å². The highest BCUT2D eigenvalue weighted by Crippen LogP contribution is 2.38. The van der Waals surface area contributed by atoms with Gasteiger partial charge >= 0.3 is 6.09 Å². The van der Waals surface area contributed by atoms with Gasteiger partial charge in [-0.3, -0.25) is 14.4 Å². The number of halogens is 2. The zero-order valence-electron chi connectivity index (χ0n) is 35.4. The zero-order valence-corrected chi connectivity index (χ0v) is 36.9. The molecule has 0 fully saturated rings. The molecule has 0 saturated carbocycles. The van der Waals surface area contributed by atoms with Gasteiger partial charge in [-0.1, -0.05) is 85.9 Å². The van der Waals surface area contributed by atoms with Crippen LogP contribution in [-0.2, 0) is 63.9 Å². The minimum Gasteiger partial charge on any atom is -0.491 e. The summed E-state index contributed by atoms with van der Waals surface area (Å²) in [4.78, 5) is 58.5. The Balaban J connectivity index is 1.31. The van der Waals surface area contributed by atoms with Crippen LogP contribution in [0.5, 0.6) is 5.75 Å². The molecule has 0 bridgehead atoms. The monoisotopic (exact) mass is 897 g/mol. The van der Waals surface area contributed by atoms with E-state index < -0.39 is 41.4 Å². The molecule has 62 heavy (non-hydrogen) atoms. The van der Waals surface area contributed by atoms with Crippen LogP contribution in [0, 0.1) is 5.92 Å². The van der Waals surface area contributed by atoms with Gasteiger partial charge in [0.15, 0.2) is 0 Å². The Morgan fingerprint density at radius 2 is 1.52 bits per heavy atom. The lowest BCUT2D eigenvalue weighted by Gasteiger charge is -2.39. The van der Waals surface area contributed by atoms with Crippen molar-refractivity contribution in [2.75, 3.05) is 60.0 Å². The lowest BCUT2D eigenvalue weighted by molar-refractivity contribution is -0.137. The fourth-order valence-corrected chi connectivity index (χ4v) is 7.68. The van der Waals surface area contributed by atoms with Gasteiger partial charge in [-0.2, -0.15) is 0 Å². The number of aromatic nitrogens is 1. The summed E-state index contributed by atoms with van der Waals surface area (Å²) in [6, 6.07) is 17.4. The molecule has 17 heteroatoms. The molecular formula is C45H57Cl2N5O10. The molecule has 1 aliphatic rings. The van der Waals surface area contributed by atoms with E-state index in [1.54, 1.807) is 43.5 Å². The first-order valence-electron chi connectivity index (χ1n) is 20.7. The summed E-state index contributed by atoms with van der Waals surface area (Å²) in [6.07, 6.45) is 0.296. The fraction of sp³-hybridized carbons (Fsp3) is 0.467. The second-order valence-electron chi connectivity index (χ2n) is 15.2. The highest BCUT2D eigenvalue weighted by atomic mass is 35.5. The predicted molar refractivity (Wildman–Crippen MR) is 235 cm³/mol. The van der Waals surface area contributed by atoms with Crippen molar-refractivity contribution in [3.8, 4) is 5.75 Å². The molecule has 1 aromatic heterocycles. The van der Waals surface area contributed by atoms with Gasteiger partial charge in [0.1, 0.15) is 36.6 Å². The first kappa shape index (κ1) is 48.1. The number of rotatable bonds is 25. The topological polar surface area (TPSA) is 202 Å². The quantitative estimate of drug-likeness (QED) is 0.0533. The third kappa shape index (κ3) is 13.8. The van der Waals surface area contributed by atoms with Gasteiger partial charge in [0.05, 0.1) is 56.8 Å². The molecule has 0 aliphatic heterocycles. The van der Waals surface area contributed by atoms with Gasteiger partial charge < -0.3 is 55.1 Å². The highest BCUT2D eigenvalue weighted by Gasteiger charge is 2.46. The number of fused-ring (bicyclic) bond motifs is 3. The number of carbonyl (C=O) groups is 4. The zero-order chi connectivity index (χ0) is 44.5. The van der Waals surface area contributed by atoms with Crippen molar-refractivity contribution in [3.63, 3.8) is 0 Å². The number of hydrogen-bond donors (Lipinski definition) is 5. The molecule has 4 aromatic rings. The summed E-state index contributed by atoms with van der Waals surface area (Å²) >= 11 is 13.0. The number of nitrogens with two attached hydrogens (primary N) is 1. The molecule has 5 rings (SSSR count). The maximum atomic E-state index is 14.6. The number of H-pyrrole nitrogens is 1. The van der Waals surface area contributed by atoms with Crippen molar-refractivity contribution in [1.82, 2.24) is 20.9 Å². The lowest BCUT2D eigenvalue weighted by atomic mass is 9.78. The standard InChI is InChI=1S/C45H57Cl2N5O10/c1-4-29(2)39(41(48)53)51-43(55)45(15-14-37-35(27-45)34-25-32(46)26-36(47)40(34)49-37)52-42(54)38(50-44(56)62-28-31-8-6-5-7-9-31)24-30-10-12-33(13-11-30)61-23-22-60-21-20-59-19-18-58-17-16-57-3/h5-13,25-26,29,38-39,49H,4,14-24,27-28H2,1-3H3,(H2,48,53)(H,50,56)(H,51,55)(H,52,54)/t29?,38-,39-,45+/m0/s1. The molecule has 6 N–H and O–H groups in total. The number of benzene rings is 3. The molecule has 0 radical (unpaired) electrons. The third-order valence-corrected chi connectivity index (χ3v) is 11.3. The fourth-order valence-electron chi connectivity index (χ4n) is 7.14. The summed E-state index contributed by atoms with van der Waals surface area (Å²) in [6.45, 7) is 7.16. The van der Waals surface area contributed by atoms with Gasteiger partial charge in [-0.05, 0) is 59.7 Å². The summed E-state index contributed by atoms with van der Waals surface area (Å²) in [5, 5.41) is 10.1. The number of amides is 4. The van der Waals surface area contributed by atoms with Crippen LogP contribution in [0.2, 0.25) is 10.0 Å². The van der Waals surface area contributed by atoms with E-state index in [0.717, 1.165) is 16.8 Å². The van der Waals surface area contributed by atoms with E-state index in [1.165, 1.54) is 0 Å². The van der Waals surface area contributed by atoms with Gasteiger partial charge in [-0.25, -0.2) is 4.79 Å². The van der Waals surface area contributed by atoms with Gasteiger partial charge in [0.2, 0.25) is 17.7 Å². The Kier molecular flexibility index (Phi) is 18.7. The Morgan fingerprint density at radius 1 is 0.855 bits per heavy atom. The lowest BCUT2D eigenvalue weighted by Crippen LogP contribution is -2.66. The van der Waals surface area contributed by atoms with Crippen LogP contribution >= 0.6 is 23.2 Å². The average molecular weight is 899 g/mol. The molecule has 3 aromatic carbocycles. The SMILES string of the molecule is CCC(C)[C@H](NC(=O)[C@@]1(NC(=O)[C@H](Cc2ccc(OCCOCCOCCOCCOC)cc2)NC(=O)OCc2ccccc2)CCc2[nH]c3c(Cl)cc(Cl)cc3c2C1)C(N)=O. The molecule has 1 aliphatic carbocycles. The van der Waals surface area contributed by atoms with E-state index in [4.69, 9.17) is 57.4 Å².